The van der Waals surface area contributed by atoms with Gasteiger partial charge in [-0.15, -0.1) is 11.3 Å². The quantitative estimate of drug-likeness (QED) is 0.430. The molecule has 2 aromatic carbocycles. The van der Waals surface area contributed by atoms with Gasteiger partial charge in [-0.3, -0.25) is 9.36 Å². The predicted molar refractivity (Wildman–Crippen MR) is 132 cm³/mol. The molecule has 4 aromatic rings. The number of hydrogen-bond donors (Lipinski definition) is 1. The molecule has 2 aromatic heterocycles. The third kappa shape index (κ3) is 4.51. The molecule has 0 unspecified atom stereocenters. The first kappa shape index (κ1) is 22.0. The Morgan fingerprint density at radius 3 is 2.67 bits per heavy atom. The first-order chi connectivity index (χ1) is 16.1. The van der Waals surface area contributed by atoms with Crippen LogP contribution < -0.4 is 5.56 Å². The largest absolute Gasteiger partial charge is 0.389 e. The second-order valence-electron chi connectivity index (χ2n) is 8.73. The minimum Gasteiger partial charge on any atom is -0.389 e. The molecule has 5 nitrogen and oxygen atoms in total. The van der Waals surface area contributed by atoms with Crippen molar-refractivity contribution in [3.05, 3.63) is 98.4 Å². The fourth-order valence-electron chi connectivity index (χ4n) is 4.67. The number of aryl methyl sites for hydroxylation is 3. The fraction of sp³-hybridized carbons (Fsp3) is 0.333. The Balaban J connectivity index is 1.35. The van der Waals surface area contributed by atoms with Crippen molar-refractivity contribution in [1.29, 1.82) is 0 Å². The molecule has 0 aliphatic heterocycles. The van der Waals surface area contributed by atoms with Crippen LogP contribution in [0.2, 0.25) is 0 Å². The zero-order valence-corrected chi connectivity index (χ0v) is 19.6. The van der Waals surface area contributed by atoms with Crippen LogP contribution in [0.15, 0.2) is 65.7 Å². The van der Waals surface area contributed by atoms with Gasteiger partial charge >= 0.3 is 0 Å². The Bertz CT molecular complexity index is 1310. The average molecular weight is 461 g/mol. The number of hydrogen-bond acceptors (Lipinski definition) is 5. The van der Waals surface area contributed by atoms with E-state index in [1.54, 1.807) is 17.7 Å². The molecule has 6 heteroatoms. The maximum atomic E-state index is 13.2. The molecule has 2 heterocycles. The summed E-state index contributed by atoms with van der Waals surface area (Å²) in [5.41, 5.74) is 4.35. The van der Waals surface area contributed by atoms with Crippen molar-refractivity contribution in [3.8, 4) is 0 Å². The standard InChI is InChI=1S/C27H28N2O3S/c1-18-9-5-6-12-21(18)25(19-10-3-2-4-11-19)32-16-20(30)15-29-17-28-26-24(27(29)31)22-13-7-8-14-23(22)33-26/h2-6,9-12,17,20,25,30H,7-8,13-16H2,1H3/t20-,25+/m0/s1. The van der Waals surface area contributed by atoms with Gasteiger partial charge in [0.25, 0.3) is 5.56 Å². The van der Waals surface area contributed by atoms with Crippen molar-refractivity contribution in [2.24, 2.45) is 0 Å². The zero-order chi connectivity index (χ0) is 22.8. The number of nitrogens with zero attached hydrogens (tertiary/aromatic N) is 2. The molecule has 170 valence electrons. The van der Waals surface area contributed by atoms with Crippen LogP contribution in [0.3, 0.4) is 0 Å². The summed E-state index contributed by atoms with van der Waals surface area (Å²) in [6, 6.07) is 18.1. The molecule has 5 rings (SSSR count). The van der Waals surface area contributed by atoms with Crippen LogP contribution in [0.5, 0.6) is 0 Å². The second-order valence-corrected chi connectivity index (χ2v) is 9.81. The summed E-state index contributed by atoms with van der Waals surface area (Å²) in [6.07, 6.45) is 4.71. The topological polar surface area (TPSA) is 64.3 Å². The molecular weight excluding hydrogens is 432 g/mol. The predicted octanol–water partition coefficient (Wildman–Crippen LogP) is 4.81. The van der Waals surface area contributed by atoms with Gasteiger partial charge in [0.05, 0.1) is 31.0 Å². The molecule has 0 saturated carbocycles. The highest BCUT2D eigenvalue weighted by Crippen LogP contribution is 2.33. The van der Waals surface area contributed by atoms with E-state index in [4.69, 9.17) is 4.74 Å². The SMILES string of the molecule is Cc1ccccc1[C@H](OC[C@@H](O)Cn1cnc2sc3c(c2c1=O)CCCC3)c1ccccc1. The van der Waals surface area contributed by atoms with E-state index in [0.717, 1.165) is 46.2 Å². The van der Waals surface area contributed by atoms with Gasteiger partial charge in [0.15, 0.2) is 0 Å². The van der Waals surface area contributed by atoms with Gasteiger partial charge in [0, 0.05) is 4.88 Å². The Morgan fingerprint density at radius 1 is 1.09 bits per heavy atom. The lowest BCUT2D eigenvalue weighted by atomic mass is 9.97. The molecule has 0 bridgehead atoms. The first-order valence-corrected chi connectivity index (χ1v) is 12.3. The summed E-state index contributed by atoms with van der Waals surface area (Å²) in [6.45, 7) is 2.33. The third-order valence-corrected chi connectivity index (χ3v) is 7.58. The molecule has 1 aliphatic carbocycles. The van der Waals surface area contributed by atoms with Gasteiger partial charge in [0.2, 0.25) is 0 Å². The monoisotopic (exact) mass is 460 g/mol. The summed E-state index contributed by atoms with van der Waals surface area (Å²) in [4.78, 5) is 19.8. The highest BCUT2D eigenvalue weighted by Gasteiger charge is 2.22. The van der Waals surface area contributed by atoms with Gasteiger partial charge < -0.3 is 9.84 Å². The minimum atomic E-state index is -0.827. The second kappa shape index (κ2) is 9.59. The Morgan fingerprint density at radius 2 is 1.85 bits per heavy atom. The number of benzene rings is 2. The number of rotatable bonds is 7. The highest BCUT2D eigenvalue weighted by molar-refractivity contribution is 7.18. The molecule has 0 radical (unpaired) electrons. The van der Waals surface area contributed by atoms with Crippen LogP contribution >= 0.6 is 11.3 Å². The summed E-state index contributed by atoms with van der Waals surface area (Å²) >= 11 is 1.64. The van der Waals surface area contributed by atoms with Crippen LogP contribution in [0.1, 0.15) is 46.1 Å². The number of ether oxygens (including phenoxy) is 1. The Hall–Kier alpha value is -2.80. The lowest BCUT2D eigenvalue weighted by molar-refractivity contribution is -0.00118. The van der Waals surface area contributed by atoms with Crippen molar-refractivity contribution in [3.63, 3.8) is 0 Å². The van der Waals surface area contributed by atoms with E-state index < -0.39 is 6.10 Å². The van der Waals surface area contributed by atoms with E-state index in [1.165, 1.54) is 21.4 Å². The summed E-state index contributed by atoms with van der Waals surface area (Å²) in [7, 11) is 0. The number of aliphatic hydroxyl groups is 1. The van der Waals surface area contributed by atoms with Gasteiger partial charge in [-0.2, -0.15) is 0 Å². The van der Waals surface area contributed by atoms with Crippen molar-refractivity contribution < 1.29 is 9.84 Å². The molecule has 0 saturated heterocycles. The molecule has 2 atom stereocenters. The van der Waals surface area contributed by atoms with Crippen molar-refractivity contribution in [2.75, 3.05) is 6.61 Å². The fourth-order valence-corrected chi connectivity index (χ4v) is 5.89. The summed E-state index contributed by atoms with van der Waals surface area (Å²) in [5, 5.41) is 11.5. The molecule has 0 amide bonds. The highest BCUT2D eigenvalue weighted by atomic mass is 32.1. The van der Waals surface area contributed by atoms with E-state index in [-0.39, 0.29) is 24.8 Å². The number of aromatic nitrogens is 2. The van der Waals surface area contributed by atoms with Gasteiger partial charge in [-0.05, 0) is 54.9 Å². The van der Waals surface area contributed by atoms with E-state index in [2.05, 4.69) is 24.0 Å². The lowest BCUT2D eigenvalue weighted by Crippen LogP contribution is -2.30. The molecule has 0 fully saturated rings. The zero-order valence-electron chi connectivity index (χ0n) is 18.7. The van der Waals surface area contributed by atoms with Gasteiger partial charge in [0.1, 0.15) is 10.9 Å². The van der Waals surface area contributed by atoms with Crippen molar-refractivity contribution in [1.82, 2.24) is 9.55 Å². The van der Waals surface area contributed by atoms with E-state index >= 15 is 0 Å². The van der Waals surface area contributed by atoms with Gasteiger partial charge in [-0.1, -0.05) is 54.6 Å². The smallest absolute Gasteiger partial charge is 0.262 e. The van der Waals surface area contributed by atoms with Crippen molar-refractivity contribution in [2.45, 2.75) is 51.4 Å². The molecule has 33 heavy (non-hydrogen) atoms. The van der Waals surface area contributed by atoms with Crippen LogP contribution in [-0.4, -0.2) is 27.4 Å². The average Bonchev–Trinajstić information content (AvgIpc) is 3.22. The Kier molecular flexibility index (Phi) is 6.40. The molecule has 0 spiro atoms. The normalized spacial score (nSPS) is 15.3. The maximum absolute atomic E-state index is 13.2. The summed E-state index contributed by atoms with van der Waals surface area (Å²) < 4.78 is 7.78. The van der Waals surface area contributed by atoms with Crippen LogP contribution in [0.4, 0.5) is 0 Å². The molecular formula is C27H28N2O3S. The van der Waals surface area contributed by atoms with E-state index in [1.807, 2.05) is 42.5 Å². The van der Waals surface area contributed by atoms with Gasteiger partial charge in [-0.25, -0.2) is 4.98 Å². The number of fused-ring (bicyclic) bond motifs is 3. The van der Waals surface area contributed by atoms with Crippen LogP contribution in [0, 0.1) is 6.92 Å². The van der Waals surface area contributed by atoms with Crippen LogP contribution in [0.25, 0.3) is 10.2 Å². The maximum Gasteiger partial charge on any atom is 0.262 e. The minimum absolute atomic E-state index is 0.0584. The summed E-state index contributed by atoms with van der Waals surface area (Å²) in [5.74, 6) is 0. The van der Waals surface area contributed by atoms with E-state index in [0.29, 0.717) is 0 Å². The number of aliphatic hydroxyl groups excluding tert-OH is 1. The number of thiophene rings is 1. The van der Waals surface area contributed by atoms with E-state index in [9.17, 15) is 9.90 Å². The lowest BCUT2D eigenvalue weighted by Gasteiger charge is -2.23. The van der Waals surface area contributed by atoms with Crippen molar-refractivity contribution >= 4 is 21.6 Å². The molecule has 1 aliphatic rings. The van der Waals surface area contributed by atoms with Crippen LogP contribution in [-0.2, 0) is 24.1 Å². The first-order valence-electron chi connectivity index (χ1n) is 11.5. The third-order valence-electron chi connectivity index (χ3n) is 6.38. The Labute approximate surface area is 197 Å². The molecule has 1 N–H and O–H groups in total.